The predicted molar refractivity (Wildman–Crippen MR) is 57.1 cm³/mol. The smallest absolute Gasteiger partial charge is 0.261 e. The summed E-state index contributed by atoms with van der Waals surface area (Å²) in [6, 6.07) is 4.76. The lowest BCUT2D eigenvalue weighted by molar-refractivity contribution is 0.423. The Labute approximate surface area is 93.5 Å². The van der Waals surface area contributed by atoms with Crippen LogP contribution in [0.5, 0.6) is 0 Å². The fourth-order valence-electron chi connectivity index (χ4n) is 1.12. The van der Waals surface area contributed by atoms with Gasteiger partial charge in [0, 0.05) is 22.6 Å². The summed E-state index contributed by atoms with van der Waals surface area (Å²) in [7, 11) is 0. The Morgan fingerprint density at radius 3 is 2.86 bits per heavy atom. The minimum absolute atomic E-state index is 0.218. The quantitative estimate of drug-likeness (QED) is 0.761. The van der Waals surface area contributed by atoms with Crippen molar-refractivity contribution in [2.24, 2.45) is 0 Å². The van der Waals surface area contributed by atoms with E-state index < -0.39 is 0 Å². The van der Waals surface area contributed by atoms with E-state index in [1.165, 1.54) is 6.07 Å². The molecule has 2 rings (SSSR count). The Kier molecular flexibility index (Phi) is 2.49. The van der Waals surface area contributed by atoms with Crippen LogP contribution in [-0.4, -0.2) is 10.1 Å². The van der Waals surface area contributed by atoms with Crippen molar-refractivity contribution in [2.75, 3.05) is 0 Å². The van der Waals surface area contributed by atoms with Gasteiger partial charge in [-0.1, -0.05) is 16.8 Å². The maximum absolute atomic E-state index is 13.3. The van der Waals surface area contributed by atoms with Crippen molar-refractivity contribution in [1.82, 2.24) is 10.1 Å². The van der Waals surface area contributed by atoms with Crippen LogP contribution in [0.4, 0.5) is 4.39 Å². The van der Waals surface area contributed by atoms with Crippen LogP contribution in [0.1, 0.15) is 5.56 Å². The Balaban J connectivity index is 2.55. The summed E-state index contributed by atoms with van der Waals surface area (Å²) in [5.41, 5.74) is 1.30. The summed E-state index contributed by atoms with van der Waals surface area (Å²) in [4.78, 5) is 3.95. The first-order valence-corrected chi connectivity index (χ1v) is 5.00. The van der Waals surface area contributed by atoms with Crippen molar-refractivity contribution < 1.29 is 8.91 Å². The minimum Gasteiger partial charge on any atom is -0.333 e. The zero-order valence-electron chi connectivity index (χ0n) is 7.29. The molecule has 0 bridgehead atoms. The molecule has 0 radical (unpaired) electrons. The van der Waals surface area contributed by atoms with Crippen LogP contribution in [0.25, 0.3) is 11.5 Å². The van der Waals surface area contributed by atoms with Gasteiger partial charge < -0.3 is 4.52 Å². The molecule has 0 unspecified atom stereocenters. The van der Waals surface area contributed by atoms with Crippen molar-refractivity contribution in [2.45, 2.75) is 6.92 Å². The number of halogens is 2. The molecular weight excluding hydrogens is 298 g/mol. The molecule has 0 aliphatic heterocycles. The van der Waals surface area contributed by atoms with Gasteiger partial charge >= 0.3 is 0 Å². The molecule has 14 heavy (non-hydrogen) atoms. The van der Waals surface area contributed by atoms with E-state index in [0.717, 1.165) is 5.56 Å². The molecule has 0 amide bonds. The van der Waals surface area contributed by atoms with Crippen molar-refractivity contribution in [3.8, 4) is 11.5 Å². The fraction of sp³-hybridized carbons (Fsp3) is 0.111. The first-order valence-electron chi connectivity index (χ1n) is 3.92. The van der Waals surface area contributed by atoms with Crippen molar-refractivity contribution in [3.05, 3.63) is 33.4 Å². The predicted octanol–water partition coefficient (Wildman–Crippen LogP) is 2.79. The van der Waals surface area contributed by atoms with Crippen molar-refractivity contribution >= 4 is 22.6 Å². The van der Waals surface area contributed by atoms with Crippen LogP contribution in [0.2, 0.25) is 0 Å². The van der Waals surface area contributed by atoms with E-state index in [4.69, 9.17) is 4.52 Å². The number of nitrogens with zero attached hydrogens (tertiary/aromatic N) is 2. The number of rotatable bonds is 1. The Morgan fingerprint density at radius 2 is 2.21 bits per heavy atom. The summed E-state index contributed by atoms with van der Waals surface area (Å²) < 4.78 is 18.7. The van der Waals surface area contributed by atoms with Crippen LogP contribution in [0, 0.1) is 16.6 Å². The lowest BCUT2D eigenvalue weighted by Gasteiger charge is -1.97. The van der Waals surface area contributed by atoms with Gasteiger partial charge in [-0.2, -0.15) is 4.98 Å². The highest BCUT2D eigenvalue weighted by atomic mass is 127. The standard InChI is InChI=1S/C9H6FIN2O/c1-5-2-3-7(10)6(4-5)8-12-9(11)13-14-8/h2-4H,1H3. The van der Waals surface area contributed by atoms with Gasteiger partial charge in [0.25, 0.3) is 5.89 Å². The van der Waals surface area contributed by atoms with E-state index in [9.17, 15) is 4.39 Å². The average molecular weight is 304 g/mol. The van der Waals surface area contributed by atoms with Crippen molar-refractivity contribution in [1.29, 1.82) is 0 Å². The molecule has 1 aromatic carbocycles. The lowest BCUT2D eigenvalue weighted by Crippen LogP contribution is -1.85. The number of aryl methyl sites for hydroxylation is 1. The Bertz CT molecular complexity index is 470. The highest BCUT2D eigenvalue weighted by Crippen LogP contribution is 2.22. The van der Waals surface area contributed by atoms with Gasteiger partial charge in [0.15, 0.2) is 0 Å². The molecule has 0 saturated heterocycles. The summed E-state index contributed by atoms with van der Waals surface area (Å²) >= 11 is 1.91. The van der Waals surface area contributed by atoms with Gasteiger partial charge in [-0.15, -0.1) is 0 Å². The second-order valence-electron chi connectivity index (χ2n) is 2.85. The summed E-state index contributed by atoms with van der Waals surface area (Å²) in [5, 5.41) is 3.60. The van der Waals surface area contributed by atoms with Gasteiger partial charge in [0.2, 0.25) is 3.83 Å². The van der Waals surface area contributed by atoms with Crippen LogP contribution < -0.4 is 0 Å². The highest BCUT2D eigenvalue weighted by Gasteiger charge is 2.11. The largest absolute Gasteiger partial charge is 0.333 e. The fourth-order valence-corrected chi connectivity index (χ4v) is 1.44. The molecule has 0 saturated carbocycles. The number of aromatic nitrogens is 2. The third-order valence-electron chi connectivity index (χ3n) is 1.75. The number of benzene rings is 1. The molecule has 5 heteroatoms. The van der Waals surface area contributed by atoms with E-state index in [2.05, 4.69) is 10.1 Å². The summed E-state index contributed by atoms with van der Waals surface area (Å²) in [6.45, 7) is 1.88. The molecule has 3 nitrogen and oxygen atoms in total. The van der Waals surface area contributed by atoms with Gasteiger partial charge in [0.05, 0.1) is 5.56 Å². The first kappa shape index (κ1) is 9.57. The summed E-state index contributed by atoms with van der Waals surface area (Å²) in [6.07, 6.45) is 0. The molecule has 0 atom stereocenters. The lowest BCUT2D eigenvalue weighted by atomic mass is 10.1. The van der Waals surface area contributed by atoms with E-state index in [-0.39, 0.29) is 11.7 Å². The normalized spacial score (nSPS) is 10.5. The SMILES string of the molecule is Cc1ccc(F)c(-c2nc(I)no2)c1. The van der Waals surface area contributed by atoms with E-state index >= 15 is 0 Å². The third kappa shape index (κ3) is 1.77. The molecule has 1 heterocycles. The zero-order chi connectivity index (χ0) is 10.1. The third-order valence-corrected chi connectivity index (χ3v) is 2.19. The number of hydrogen-bond donors (Lipinski definition) is 0. The molecule has 0 aliphatic carbocycles. The van der Waals surface area contributed by atoms with Gasteiger partial charge in [-0.25, -0.2) is 4.39 Å². The molecule has 1 aromatic heterocycles. The molecule has 0 N–H and O–H groups in total. The molecule has 0 spiro atoms. The van der Waals surface area contributed by atoms with E-state index in [1.807, 2.05) is 29.5 Å². The van der Waals surface area contributed by atoms with Crippen LogP contribution in [0.3, 0.4) is 0 Å². The molecule has 2 aromatic rings. The van der Waals surface area contributed by atoms with Crippen LogP contribution in [0.15, 0.2) is 22.7 Å². The summed E-state index contributed by atoms with van der Waals surface area (Å²) in [5.74, 6) is -0.133. The Hall–Kier alpha value is -0.980. The number of hydrogen-bond acceptors (Lipinski definition) is 3. The Morgan fingerprint density at radius 1 is 1.43 bits per heavy atom. The second kappa shape index (κ2) is 3.64. The highest BCUT2D eigenvalue weighted by molar-refractivity contribution is 14.1. The molecule has 0 fully saturated rings. The monoisotopic (exact) mass is 304 g/mol. The second-order valence-corrected chi connectivity index (χ2v) is 3.82. The maximum Gasteiger partial charge on any atom is 0.261 e. The van der Waals surface area contributed by atoms with Crippen LogP contribution in [-0.2, 0) is 0 Å². The van der Waals surface area contributed by atoms with E-state index in [1.54, 1.807) is 12.1 Å². The van der Waals surface area contributed by atoms with Crippen molar-refractivity contribution in [3.63, 3.8) is 0 Å². The average Bonchev–Trinajstić information content (AvgIpc) is 2.56. The topological polar surface area (TPSA) is 38.9 Å². The molecular formula is C9H6FIN2O. The van der Waals surface area contributed by atoms with Gasteiger partial charge in [-0.3, -0.25) is 0 Å². The van der Waals surface area contributed by atoms with Gasteiger partial charge in [0.1, 0.15) is 5.82 Å². The molecule has 0 aliphatic rings. The molecule has 72 valence electrons. The van der Waals surface area contributed by atoms with E-state index in [0.29, 0.717) is 9.39 Å². The maximum atomic E-state index is 13.3. The van der Waals surface area contributed by atoms with Crippen LogP contribution >= 0.6 is 22.6 Å². The van der Waals surface area contributed by atoms with Gasteiger partial charge in [-0.05, 0) is 19.1 Å². The minimum atomic E-state index is -0.351. The first-order chi connectivity index (χ1) is 6.66. The zero-order valence-corrected chi connectivity index (χ0v) is 9.45.